The van der Waals surface area contributed by atoms with Gasteiger partial charge in [-0.3, -0.25) is 4.21 Å². The molecule has 1 rings (SSSR count). The molecule has 0 fully saturated rings. The summed E-state index contributed by atoms with van der Waals surface area (Å²) in [5.74, 6) is 0.581. The minimum atomic E-state index is -1.42. The molecule has 1 aromatic carbocycles. The third-order valence-electron chi connectivity index (χ3n) is 1.94. The third-order valence-corrected chi connectivity index (χ3v) is 3.48. The zero-order chi connectivity index (χ0) is 11.4. The Hall–Kier alpha value is -1.54. The Balaban J connectivity index is 3.13. The molecule has 2 atom stereocenters. The molecule has 15 heavy (non-hydrogen) atoms. The minimum absolute atomic E-state index is 0.413. The van der Waals surface area contributed by atoms with Gasteiger partial charge < -0.3 is 10.5 Å². The van der Waals surface area contributed by atoms with Crippen LogP contribution in [-0.4, -0.2) is 16.6 Å². The van der Waals surface area contributed by atoms with Crippen LogP contribution in [-0.2, 0) is 10.8 Å². The van der Waals surface area contributed by atoms with E-state index in [0.717, 1.165) is 0 Å². The molecule has 80 valence electrons. The average molecular weight is 224 g/mol. The molecule has 1 aromatic rings. The first-order valence-corrected chi connectivity index (χ1v) is 5.55. The summed E-state index contributed by atoms with van der Waals surface area (Å²) in [5.41, 5.74) is 6.09. The van der Waals surface area contributed by atoms with E-state index in [1.54, 1.807) is 25.1 Å². The molecule has 0 saturated carbocycles. The highest BCUT2D eigenvalue weighted by Crippen LogP contribution is 2.24. The number of nitrogens with zero attached hydrogens (tertiary/aromatic N) is 1. The highest BCUT2D eigenvalue weighted by Gasteiger charge is 2.15. The summed E-state index contributed by atoms with van der Waals surface area (Å²) in [6.45, 7) is 1.59. The lowest BCUT2D eigenvalue weighted by Gasteiger charge is -2.08. The Morgan fingerprint density at radius 3 is 2.80 bits per heavy atom. The van der Waals surface area contributed by atoms with Gasteiger partial charge in [-0.15, -0.1) is 0 Å². The molecule has 5 heteroatoms. The molecule has 0 saturated heterocycles. The summed E-state index contributed by atoms with van der Waals surface area (Å²) in [4.78, 5) is 0.448. The Kier molecular flexibility index (Phi) is 3.69. The molecular weight excluding hydrogens is 212 g/mol. The van der Waals surface area contributed by atoms with Crippen LogP contribution < -0.4 is 10.5 Å². The molecule has 2 N–H and O–H groups in total. The quantitative estimate of drug-likeness (QED) is 0.785. The molecule has 0 amide bonds. The fraction of sp³-hybridized carbons (Fsp3) is 0.300. The van der Waals surface area contributed by atoms with Gasteiger partial charge in [0.1, 0.15) is 11.0 Å². The normalized spacial score (nSPS) is 13.9. The lowest BCUT2D eigenvalue weighted by molar-refractivity contribution is 0.413. The van der Waals surface area contributed by atoms with Gasteiger partial charge in [0.15, 0.2) is 0 Å². The van der Waals surface area contributed by atoms with E-state index in [1.165, 1.54) is 7.11 Å². The average Bonchev–Trinajstić information content (AvgIpc) is 2.27. The van der Waals surface area contributed by atoms with Gasteiger partial charge in [0.2, 0.25) is 0 Å². The third kappa shape index (κ3) is 2.48. The number of nitriles is 1. The van der Waals surface area contributed by atoms with Crippen molar-refractivity contribution >= 4 is 16.5 Å². The van der Waals surface area contributed by atoms with Crippen molar-refractivity contribution in [3.05, 3.63) is 18.2 Å². The van der Waals surface area contributed by atoms with Crippen LogP contribution in [0.3, 0.4) is 0 Å². The minimum Gasteiger partial charge on any atom is -0.497 e. The summed E-state index contributed by atoms with van der Waals surface area (Å²) in [7, 11) is 0.102. The van der Waals surface area contributed by atoms with E-state index in [0.29, 0.717) is 16.3 Å². The zero-order valence-corrected chi connectivity index (χ0v) is 9.38. The number of hydrogen-bond acceptors (Lipinski definition) is 4. The number of rotatable bonds is 3. The topological polar surface area (TPSA) is 76.1 Å². The van der Waals surface area contributed by atoms with Gasteiger partial charge >= 0.3 is 0 Å². The van der Waals surface area contributed by atoms with Crippen LogP contribution in [0.1, 0.15) is 6.92 Å². The summed E-state index contributed by atoms with van der Waals surface area (Å²) in [6, 6.07) is 6.84. The predicted molar refractivity (Wildman–Crippen MR) is 58.9 cm³/mol. The SMILES string of the molecule is COc1ccc(N)c(S(=O)C(C)C#N)c1. The maximum atomic E-state index is 11.8. The number of methoxy groups -OCH3 is 1. The molecule has 0 bridgehead atoms. The van der Waals surface area contributed by atoms with Crippen molar-refractivity contribution < 1.29 is 8.95 Å². The van der Waals surface area contributed by atoms with Crippen molar-refractivity contribution in [1.82, 2.24) is 0 Å². The molecule has 0 heterocycles. The van der Waals surface area contributed by atoms with Crippen LogP contribution in [0.25, 0.3) is 0 Å². The van der Waals surface area contributed by atoms with E-state index in [1.807, 2.05) is 6.07 Å². The molecular formula is C10H12N2O2S. The number of benzene rings is 1. The van der Waals surface area contributed by atoms with E-state index >= 15 is 0 Å². The lowest BCUT2D eigenvalue weighted by Crippen LogP contribution is -2.10. The van der Waals surface area contributed by atoms with Crippen molar-refractivity contribution in [2.45, 2.75) is 17.1 Å². The Morgan fingerprint density at radius 2 is 2.27 bits per heavy atom. The van der Waals surface area contributed by atoms with Crippen LogP contribution in [0, 0.1) is 11.3 Å². The Labute approximate surface area is 91.1 Å². The van der Waals surface area contributed by atoms with Crippen LogP contribution in [0.15, 0.2) is 23.1 Å². The van der Waals surface area contributed by atoms with E-state index in [-0.39, 0.29) is 0 Å². The van der Waals surface area contributed by atoms with E-state index in [9.17, 15) is 4.21 Å². The first-order valence-electron chi connectivity index (χ1n) is 4.34. The van der Waals surface area contributed by atoms with Crippen molar-refractivity contribution in [3.63, 3.8) is 0 Å². The number of anilines is 1. The second-order valence-electron chi connectivity index (χ2n) is 2.97. The first-order chi connectivity index (χ1) is 7.10. The van der Waals surface area contributed by atoms with Gasteiger partial charge in [-0.05, 0) is 25.1 Å². The number of hydrogen-bond donors (Lipinski definition) is 1. The van der Waals surface area contributed by atoms with Gasteiger partial charge in [0.05, 0.1) is 28.9 Å². The maximum absolute atomic E-state index is 11.8. The van der Waals surface area contributed by atoms with Crippen LogP contribution >= 0.6 is 0 Å². The number of ether oxygens (including phenoxy) is 1. The Bertz CT molecular complexity index is 426. The summed E-state index contributed by atoms with van der Waals surface area (Å²) < 4.78 is 16.8. The number of nitrogens with two attached hydrogens (primary N) is 1. The van der Waals surface area contributed by atoms with Gasteiger partial charge in [0.25, 0.3) is 0 Å². The summed E-state index contributed by atoms with van der Waals surface area (Å²) in [6.07, 6.45) is 0. The number of nitrogen functional groups attached to an aromatic ring is 1. The second kappa shape index (κ2) is 4.80. The Morgan fingerprint density at radius 1 is 1.60 bits per heavy atom. The van der Waals surface area contributed by atoms with E-state index < -0.39 is 16.0 Å². The van der Waals surface area contributed by atoms with Gasteiger partial charge in [-0.25, -0.2) is 0 Å². The molecule has 0 aliphatic rings. The van der Waals surface area contributed by atoms with Gasteiger partial charge in [-0.2, -0.15) is 5.26 Å². The fourth-order valence-corrected chi connectivity index (χ4v) is 2.06. The largest absolute Gasteiger partial charge is 0.497 e. The van der Waals surface area contributed by atoms with Crippen LogP contribution in [0.5, 0.6) is 5.75 Å². The molecule has 0 aliphatic carbocycles. The second-order valence-corrected chi connectivity index (χ2v) is 4.71. The van der Waals surface area contributed by atoms with Crippen molar-refractivity contribution in [2.75, 3.05) is 12.8 Å². The highest BCUT2D eigenvalue weighted by molar-refractivity contribution is 7.86. The first kappa shape index (κ1) is 11.5. The molecule has 0 radical (unpaired) electrons. The standard InChI is InChI=1S/C10H12N2O2S/c1-7(6-11)15(13)10-5-8(14-2)3-4-9(10)12/h3-5,7H,12H2,1-2H3. The molecule has 0 aliphatic heterocycles. The fourth-order valence-electron chi connectivity index (χ4n) is 1.05. The molecule has 2 unspecified atom stereocenters. The van der Waals surface area contributed by atoms with Crippen LogP contribution in [0.4, 0.5) is 5.69 Å². The van der Waals surface area contributed by atoms with Gasteiger partial charge in [0, 0.05) is 5.69 Å². The van der Waals surface area contributed by atoms with E-state index in [2.05, 4.69) is 0 Å². The summed E-state index contributed by atoms with van der Waals surface area (Å²) in [5, 5.41) is 8.08. The maximum Gasteiger partial charge on any atom is 0.123 e. The molecule has 0 aromatic heterocycles. The predicted octanol–water partition coefficient (Wildman–Crippen LogP) is 1.30. The van der Waals surface area contributed by atoms with E-state index in [4.69, 9.17) is 15.7 Å². The molecule has 0 spiro atoms. The highest BCUT2D eigenvalue weighted by atomic mass is 32.2. The van der Waals surface area contributed by atoms with Crippen molar-refractivity contribution in [1.29, 1.82) is 5.26 Å². The smallest absolute Gasteiger partial charge is 0.123 e. The molecule has 4 nitrogen and oxygen atoms in total. The zero-order valence-electron chi connectivity index (χ0n) is 8.56. The van der Waals surface area contributed by atoms with Crippen molar-refractivity contribution in [3.8, 4) is 11.8 Å². The van der Waals surface area contributed by atoms with Crippen LogP contribution in [0.2, 0.25) is 0 Å². The lowest BCUT2D eigenvalue weighted by atomic mass is 10.3. The summed E-state index contributed by atoms with van der Waals surface area (Å²) >= 11 is 0. The van der Waals surface area contributed by atoms with Gasteiger partial charge in [-0.1, -0.05) is 0 Å². The van der Waals surface area contributed by atoms with Crippen molar-refractivity contribution in [2.24, 2.45) is 0 Å². The monoisotopic (exact) mass is 224 g/mol.